The Morgan fingerprint density at radius 2 is 1.16 bits per heavy atom. The molecular formula is C43H54N8O7. The highest BCUT2D eigenvalue weighted by Crippen LogP contribution is 2.20. The summed E-state index contributed by atoms with van der Waals surface area (Å²) in [4.78, 5) is 89.2. The second-order valence-corrected chi connectivity index (χ2v) is 14.7. The van der Waals surface area contributed by atoms with Gasteiger partial charge in [0.1, 0.15) is 42.0 Å². The fourth-order valence-corrected chi connectivity index (χ4v) is 6.97. The second-order valence-electron chi connectivity index (χ2n) is 14.7. The smallest absolute Gasteiger partial charge is 0.245 e. The van der Waals surface area contributed by atoms with Crippen LogP contribution in [0.3, 0.4) is 0 Å². The number of hydrogen-bond donors (Lipinski definition) is 8. The zero-order chi connectivity index (χ0) is 41.8. The number of carbonyl (C=O) groups excluding carboxylic acids is 6. The van der Waals surface area contributed by atoms with E-state index >= 15 is 0 Å². The first kappa shape index (κ1) is 42.9. The zero-order valence-electron chi connectivity index (χ0n) is 33.1. The number of amides is 6. The third-order valence-corrected chi connectivity index (χ3v) is 10.6. The first-order chi connectivity index (χ1) is 27.9. The topological polar surface area (TPSA) is 228 Å². The van der Waals surface area contributed by atoms with E-state index in [-0.39, 0.29) is 37.9 Å². The van der Waals surface area contributed by atoms with Gasteiger partial charge in [0, 0.05) is 43.4 Å². The number of aromatic hydroxyl groups is 1. The molecule has 5 rings (SSSR count). The van der Waals surface area contributed by atoms with Gasteiger partial charge in [-0.3, -0.25) is 28.8 Å². The normalized spacial score (nSPS) is 22.9. The first-order valence-corrected chi connectivity index (χ1v) is 19.7. The molecule has 0 bridgehead atoms. The van der Waals surface area contributed by atoms with Crippen LogP contribution >= 0.6 is 0 Å². The van der Waals surface area contributed by atoms with E-state index < -0.39 is 71.7 Å². The lowest BCUT2D eigenvalue weighted by atomic mass is 10.0. The minimum atomic E-state index is -1.24. The standard InChI is InChI=1S/C43H54N8O7/c1-4-32-39(54)50-37(23-27-12-6-5-7-13-27)43(58)51(3)26(2)38(53)48-35(22-28-17-19-30(52)20-18-28)41(56)49-36(24-29-25-45-33-15-9-8-14-31(29)33)42(57)47-34(40(55)46-32)16-10-11-21-44/h5-9,12-15,17-20,25-26,32,34-37,45,52H,4,10-11,16,21-24,44H2,1-3H3,(H,46,55)(H,47,57)(H,48,53)(H,49,56)(H,50,54)/t26-,32?,34-,35-,36+,37-/m0/s1. The molecule has 9 N–H and O–H groups in total. The number of nitrogens with two attached hydrogens (primary N) is 1. The van der Waals surface area contributed by atoms with E-state index in [1.807, 2.05) is 42.5 Å². The number of H-pyrrole nitrogens is 1. The Hall–Kier alpha value is -6.22. The van der Waals surface area contributed by atoms with Gasteiger partial charge in [-0.15, -0.1) is 0 Å². The third-order valence-electron chi connectivity index (χ3n) is 10.6. The number of phenols is 1. The molecule has 0 aliphatic carbocycles. The molecule has 3 aromatic carbocycles. The van der Waals surface area contributed by atoms with Crippen molar-refractivity contribution in [2.75, 3.05) is 13.6 Å². The molecule has 15 heteroatoms. The number of rotatable bonds is 11. The number of phenolic OH excluding ortho intramolecular Hbond substituents is 1. The summed E-state index contributed by atoms with van der Waals surface area (Å²) >= 11 is 0. The number of nitrogens with zero attached hydrogens (tertiary/aromatic N) is 1. The summed E-state index contributed by atoms with van der Waals surface area (Å²) in [5.41, 5.74) is 8.67. The van der Waals surface area contributed by atoms with E-state index in [9.17, 15) is 33.9 Å². The van der Waals surface area contributed by atoms with E-state index in [1.165, 1.54) is 31.0 Å². The fourth-order valence-electron chi connectivity index (χ4n) is 6.97. The molecule has 0 spiro atoms. The fraction of sp³-hybridized carbons (Fsp3) is 0.395. The van der Waals surface area contributed by atoms with Crippen LogP contribution in [0.15, 0.2) is 85.1 Å². The van der Waals surface area contributed by atoms with E-state index in [4.69, 9.17) is 5.73 Å². The monoisotopic (exact) mass is 794 g/mol. The summed E-state index contributed by atoms with van der Waals surface area (Å²) in [5.74, 6) is -3.76. The van der Waals surface area contributed by atoms with E-state index in [2.05, 4.69) is 31.6 Å². The van der Waals surface area contributed by atoms with Gasteiger partial charge in [0.15, 0.2) is 0 Å². The number of nitrogens with one attached hydrogen (secondary N) is 6. The van der Waals surface area contributed by atoms with Crippen molar-refractivity contribution in [3.05, 3.63) is 102 Å². The predicted octanol–water partition coefficient (Wildman–Crippen LogP) is 1.72. The number of hydrogen-bond acceptors (Lipinski definition) is 8. The molecule has 2 heterocycles. The molecule has 58 heavy (non-hydrogen) atoms. The van der Waals surface area contributed by atoms with Crippen LogP contribution in [0.2, 0.25) is 0 Å². The minimum absolute atomic E-state index is 0.0126. The van der Waals surface area contributed by atoms with Gasteiger partial charge in [0.05, 0.1) is 0 Å². The van der Waals surface area contributed by atoms with Crippen molar-refractivity contribution in [3.63, 3.8) is 0 Å². The summed E-state index contributed by atoms with van der Waals surface area (Å²) in [5, 5.41) is 24.8. The Morgan fingerprint density at radius 1 is 0.621 bits per heavy atom. The van der Waals surface area contributed by atoms with Gasteiger partial charge in [0.2, 0.25) is 35.4 Å². The van der Waals surface area contributed by atoms with Crippen LogP contribution in [0.4, 0.5) is 0 Å². The number of benzene rings is 3. The van der Waals surface area contributed by atoms with Crippen molar-refractivity contribution in [2.24, 2.45) is 5.73 Å². The first-order valence-electron chi connectivity index (χ1n) is 19.7. The molecule has 15 nitrogen and oxygen atoms in total. The van der Waals surface area contributed by atoms with Crippen LogP contribution in [-0.4, -0.2) is 100 Å². The summed E-state index contributed by atoms with van der Waals surface area (Å²) in [6.45, 7) is 3.58. The SMILES string of the molecule is CCC1NC(=O)[C@H](CCCCN)NC(=O)[C@@H](Cc2c[nH]c3ccccc23)NC(=O)[C@H](Cc2ccc(O)cc2)NC(=O)[C@H](C)N(C)C(=O)[C@H](Cc2ccccc2)NC1=O. The number of para-hydroxylation sites is 1. The highest BCUT2D eigenvalue weighted by Gasteiger charge is 2.36. The Balaban J connectivity index is 1.55. The van der Waals surface area contributed by atoms with Crippen LogP contribution in [0.1, 0.15) is 56.2 Å². The molecule has 1 aliphatic heterocycles. The van der Waals surface area contributed by atoms with Gasteiger partial charge >= 0.3 is 0 Å². The van der Waals surface area contributed by atoms with Crippen molar-refractivity contribution in [1.29, 1.82) is 0 Å². The molecule has 6 amide bonds. The summed E-state index contributed by atoms with van der Waals surface area (Å²) in [7, 11) is 1.44. The molecule has 6 atom stereocenters. The maximum absolute atomic E-state index is 14.4. The largest absolute Gasteiger partial charge is 0.508 e. The number of likely N-dealkylation sites (N-methyl/N-ethyl adjacent to an activating group) is 1. The number of aromatic amines is 1. The Kier molecular flexibility index (Phi) is 15.0. The Bertz CT molecular complexity index is 2050. The van der Waals surface area contributed by atoms with Gasteiger partial charge in [-0.2, -0.15) is 0 Å². The molecule has 308 valence electrons. The van der Waals surface area contributed by atoms with Gasteiger partial charge in [0.25, 0.3) is 0 Å². The lowest BCUT2D eigenvalue weighted by molar-refractivity contribution is -0.142. The molecule has 1 aliphatic rings. The highest BCUT2D eigenvalue weighted by molar-refractivity contribution is 5.98. The predicted molar refractivity (Wildman–Crippen MR) is 219 cm³/mol. The molecular weight excluding hydrogens is 741 g/mol. The van der Waals surface area contributed by atoms with Crippen molar-refractivity contribution in [1.82, 2.24) is 36.5 Å². The van der Waals surface area contributed by atoms with E-state index in [0.717, 1.165) is 22.0 Å². The zero-order valence-corrected chi connectivity index (χ0v) is 33.1. The molecule has 1 fully saturated rings. The lowest BCUT2D eigenvalue weighted by Gasteiger charge is -2.32. The van der Waals surface area contributed by atoms with Crippen molar-refractivity contribution in [2.45, 2.75) is 95.0 Å². The number of unbranched alkanes of at least 4 members (excludes halogenated alkanes) is 1. The lowest BCUT2D eigenvalue weighted by Crippen LogP contribution is -2.61. The third kappa shape index (κ3) is 11.2. The van der Waals surface area contributed by atoms with Gasteiger partial charge < -0.3 is 47.3 Å². The van der Waals surface area contributed by atoms with Crippen LogP contribution < -0.4 is 32.3 Å². The van der Waals surface area contributed by atoms with Crippen molar-refractivity contribution >= 4 is 46.3 Å². The molecule has 0 saturated carbocycles. The minimum Gasteiger partial charge on any atom is -0.508 e. The summed E-state index contributed by atoms with van der Waals surface area (Å²) < 4.78 is 0. The average Bonchev–Trinajstić information content (AvgIpc) is 3.63. The number of fused-ring (bicyclic) bond motifs is 1. The van der Waals surface area contributed by atoms with Crippen LogP contribution in [-0.2, 0) is 48.0 Å². The van der Waals surface area contributed by atoms with Crippen LogP contribution in [0, 0.1) is 0 Å². The van der Waals surface area contributed by atoms with Crippen molar-refractivity contribution in [3.8, 4) is 5.75 Å². The highest BCUT2D eigenvalue weighted by atomic mass is 16.3. The van der Waals surface area contributed by atoms with Crippen LogP contribution in [0.25, 0.3) is 10.9 Å². The molecule has 4 aromatic rings. The van der Waals surface area contributed by atoms with E-state index in [1.54, 1.807) is 37.4 Å². The maximum Gasteiger partial charge on any atom is 0.245 e. The molecule has 0 radical (unpaired) electrons. The molecule has 1 unspecified atom stereocenters. The van der Waals surface area contributed by atoms with Crippen molar-refractivity contribution < 1.29 is 33.9 Å². The Labute approximate surface area is 337 Å². The quantitative estimate of drug-likeness (QED) is 0.104. The molecule has 1 saturated heterocycles. The molecule has 1 aromatic heterocycles. The van der Waals surface area contributed by atoms with Crippen LogP contribution in [0.5, 0.6) is 5.75 Å². The van der Waals surface area contributed by atoms with E-state index in [0.29, 0.717) is 24.9 Å². The number of aromatic nitrogens is 1. The number of carbonyl (C=O) groups is 6. The second kappa shape index (κ2) is 20.3. The average molecular weight is 795 g/mol. The van der Waals surface area contributed by atoms with Gasteiger partial charge in [-0.05, 0) is 74.0 Å². The van der Waals surface area contributed by atoms with Gasteiger partial charge in [-0.1, -0.05) is 67.6 Å². The summed E-state index contributed by atoms with van der Waals surface area (Å²) in [6.07, 6.45) is 3.25. The maximum atomic E-state index is 14.4. The van der Waals surface area contributed by atoms with Gasteiger partial charge in [-0.25, -0.2) is 0 Å². The summed E-state index contributed by atoms with van der Waals surface area (Å²) in [6, 6.07) is 15.8. The Morgan fingerprint density at radius 3 is 1.84 bits per heavy atom.